The van der Waals surface area contributed by atoms with Gasteiger partial charge < -0.3 is 15.0 Å². The third-order valence-corrected chi connectivity index (χ3v) is 5.14. The Labute approximate surface area is 166 Å². The van der Waals surface area contributed by atoms with Crippen molar-refractivity contribution >= 4 is 34.3 Å². The zero-order valence-electron chi connectivity index (χ0n) is 15.3. The molecular formula is C20H20F2N2O3S. The van der Waals surface area contributed by atoms with E-state index in [1.807, 2.05) is 19.1 Å². The maximum absolute atomic E-state index is 12.6. The molecule has 0 atom stereocenters. The predicted molar refractivity (Wildman–Crippen MR) is 106 cm³/mol. The van der Waals surface area contributed by atoms with Crippen LogP contribution in [0.1, 0.15) is 17.5 Å². The van der Waals surface area contributed by atoms with Gasteiger partial charge in [-0.05, 0) is 55.7 Å². The van der Waals surface area contributed by atoms with Crippen molar-refractivity contribution in [3.63, 3.8) is 0 Å². The molecular weight excluding hydrogens is 386 g/mol. The molecule has 0 aromatic heterocycles. The number of benzene rings is 2. The van der Waals surface area contributed by atoms with Crippen LogP contribution >= 0.6 is 11.8 Å². The van der Waals surface area contributed by atoms with E-state index in [1.54, 1.807) is 4.90 Å². The third kappa shape index (κ3) is 5.22. The van der Waals surface area contributed by atoms with Crippen molar-refractivity contribution in [2.45, 2.75) is 26.4 Å². The lowest BCUT2D eigenvalue weighted by Gasteiger charge is -2.29. The standard InChI is InChI=1S/C20H20F2N2O3S/c1-13-4-9-17-14(11-13)3-2-10-24(17)20(26)28-12-18(25)23-15-5-7-16(8-6-15)27-19(21)22/h4-9,11,19H,2-3,10,12H2,1H3,(H,23,25). The fraction of sp³-hybridized carbons (Fsp3) is 0.300. The number of hydrogen-bond donors (Lipinski definition) is 1. The fourth-order valence-electron chi connectivity index (χ4n) is 3.04. The summed E-state index contributed by atoms with van der Waals surface area (Å²) in [6, 6.07) is 11.6. The van der Waals surface area contributed by atoms with Gasteiger partial charge in [0.1, 0.15) is 5.75 Å². The first-order valence-corrected chi connectivity index (χ1v) is 9.79. The van der Waals surface area contributed by atoms with Crippen LogP contribution in [0.2, 0.25) is 0 Å². The summed E-state index contributed by atoms with van der Waals surface area (Å²) in [5.41, 5.74) is 3.66. The number of thioether (sulfide) groups is 1. The molecule has 28 heavy (non-hydrogen) atoms. The smallest absolute Gasteiger partial charge is 0.387 e. The highest BCUT2D eigenvalue weighted by atomic mass is 32.2. The van der Waals surface area contributed by atoms with Crippen LogP contribution in [-0.4, -0.2) is 30.1 Å². The predicted octanol–water partition coefficient (Wildman–Crippen LogP) is 4.84. The zero-order chi connectivity index (χ0) is 20.1. The van der Waals surface area contributed by atoms with Crippen molar-refractivity contribution in [3.8, 4) is 5.75 Å². The zero-order valence-corrected chi connectivity index (χ0v) is 16.1. The summed E-state index contributed by atoms with van der Waals surface area (Å²) in [6.07, 6.45) is 1.83. The monoisotopic (exact) mass is 406 g/mol. The molecule has 1 N–H and O–H groups in total. The second-order valence-electron chi connectivity index (χ2n) is 6.39. The van der Waals surface area contributed by atoms with E-state index in [0.29, 0.717) is 12.2 Å². The highest BCUT2D eigenvalue weighted by Gasteiger charge is 2.23. The molecule has 0 radical (unpaired) electrons. The average molecular weight is 406 g/mol. The Hall–Kier alpha value is -2.61. The van der Waals surface area contributed by atoms with E-state index < -0.39 is 6.61 Å². The summed E-state index contributed by atoms with van der Waals surface area (Å²) in [4.78, 5) is 26.4. The van der Waals surface area contributed by atoms with Gasteiger partial charge in [0.05, 0.1) is 5.75 Å². The van der Waals surface area contributed by atoms with Gasteiger partial charge in [-0.15, -0.1) is 0 Å². The molecule has 3 rings (SSSR count). The Morgan fingerprint density at radius 2 is 1.96 bits per heavy atom. The van der Waals surface area contributed by atoms with E-state index in [2.05, 4.69) is 16.1 Å². The highest BCUT2D eigenvalue weighted by molar-refractivity contribution is 8.14. The lowest BCUT2D eigenvalue weighted by Crippen LogP contribution is -2.33. The van der Waals surface area contributed by atoms with Crippen LogP contribution in [0, 0.1) is 6.92 Å². The van der Waals surface area contributed by atoms with Gasteiger partial charge in [-0.3, -0.25) is 9.59 Å². The van der Waals surface area contributed by atoms with Crippen LogP contribution in [0.3, 0.4) is 0 Å². The number of carbonyl (C=O) groups excluding carboxylic acids is 2. The maximum Gasteiger partial charge on any atom is 0.387 e. The summed E-state index contributed by atoms with van der Waals surface area (Å²) < 4.78 is 28.5. The van der Waals surface area contributed by atoms with E-state index >= 15 is 0 Å². The van der Waals surface area contributed by atoms with Crippen LogP contribution in [0.5, 0.6) is 5.75 Å². The summed E-state index contributed by atoms with van der Waals surface area (Å²) in [7, 11) is 0. The molecule has 1 aliphatic heterocycles. The molecule has 8 heteroatoms. The minimum Gasteiger partial charge on any atom is -0.435 e. The molecule has 0 bridgehead atoms. The Bertz CT molecular complexity index is 859. The summed E-state index contributed by atoms with van der Waals surface area (Å²) in [5.74, 6) is -0.371. The van der Waals surface area contributed by atoms with E-state index in [1.165, 1.54) is 24.3 Å². The molecule has 0 fully saturated rings. The van der Waals surface area contributed by atoms with Gasteiger partial charge in [0.25, 0.3) is 5.24 Å². The fourth-order valence-corrected chi connectivity index (χ4v) is 3.71. The molecule has 0 saturated carbocycles. The summed E-state index contributed by atoms with van der Waals surface area (Å²) >= 11 is 0.941. The SMILES string of the molecule is Cc1ccc2c(c1)CCCN2C(=O)SCC(=O)Nc1ccc(OC(F)F)cc1. The topological polar surface area (TPSA) is 58.6 Å². The van der Waals surface area contributed by atoms with Crippen molar-refractivity contribution < 1.29 is 23.1 Å². The number of anilines is 2. The van der Waals surface area contributed by atoms with E-state index in [4.69, 9.17) is 0 Å². The number of nitrogens with one attached hydrogen (secondary N) is 1. The minimum atomic E-state index is -2.90. The highest BCUT2D eigenvalue weighted by Crippen LogP contribution is 2.30. The Kier molecular flexibility index (Phi) is 6.51. The first kappa shape index (κ1) is 20.1. The molecule has 0 saturated heterocycles. The van der Waals surface area contributed by atoms with Gasteiger partial charge in [0.15, 0.2) is 0 Å². The second-order valence-corrected chi connectivity index (χ2v) is 7.32. The van der Waals surface area contributed by atoms with Gasteiger partial charge in [0, 0.05) is 17.9 Å². The van der Waals surface area contributed by atoms with Gasteiger partial charge in [-0.25, -0.2) is 0 Å². The molecule has 2 aromatic rings. The lowest BCUT2D eigenvalue weighted by atomic mass is 10.0. The Morgan fingerprint density at radius 3 is 2.68 bits per heavy atom. The lowest BCUT2D eigenvalue weighted by molar-refractivity contribution is -0.113. The molecule has 0 unspecified atom stereocenters. The van der Waals surface area contributed by atoms with E-state index in [9.17, 15) is 18.4 Å². The van der Waals surface area contributed by atoms with Crippen LogP contribution in [-0.2, 0) is 11.2 Å². The molecule has 2 aromatic carbocycles. The number of fused-ring (bicyclic) bond motifs is 1. The third-order valence-electron chi connectivity index (χ3n) is 4.26. The number of halogens is 2. The molecule has 5 nitrogen and oxygen atoms in total. The van der Waals surface area contributed by atoms with Crippen molar-refractivity contribution in [2.75, 3.05) is 22.5 Å². The number of alkyl halides is 2. The molecule has 1 heterocycles. The van der Waals surface area contributed by atoms with Crippen LogP contribution in [0.15, 0.2) is 42.5 Å². The van der Waals surface area contributed by atoms with Crippen molar-refractivity contribution in [3.05, 3.63) is 53.6 Å². The van der Waals surface area contributed by atoms with Crippen LogP contribution in [0.4, 0.5) is 25.0 Å². The van der Waals surface area contributed by atoms with Crippen LogP contribution < -0.4 is 15.0 Å². The Morgan fingerprint density at radius 1 is 1.21 bits per heavy atom. The van der Waals surface area contributed by atoms with Crippen molar-refractivity contribution in [2.24, 2.45) is 0 Å². The normalized spacial score (nSPS) is 13.2. The largest absolute Gasteiger partial charge is 0.435 e. The van der Waals surface area contributed by atoms with Crippen LogP contribution in [0.25, 0.3) is 0 Å². The number of ether oxygens (including phenoxy) is 1. The minimum absolute atomic E-state index is 0.0107. The number of carbonyl (C=O) groups is 2. The Balaban J connectivity index is 1.53. The first-order chi connectivity index (χ1) is 13.4. The maximum atomic E-state index is 12.6. The number of aryl methyl sites for hydroxylation is 2. The van der Waals surface area contributed by atoms with Gasteiger partial charge in [0.2, 0.25) is 5.91 Å². The van der Waals surface area contributed by atoms with E-state index in [0.717, 1.165) is 41.4 Å². The molecule has 0 aliphatic carbocycles. The quantitative estimate of drug-likeness (QED) is 0.772. The van der Waals surface area contributed by atoms with E-state index in [-0.39, 0.29) is 22.6 Å². The van der Waals surface area contributed by atoms with Gasteiger partial charge in [-0.2, -0.15) is 8.78 Å². The second kappa shape index (κ2) is 9.05. The molecule has 2 amide bonds. The molecule has 148 valence electrons. The summed E-state index contributed by atoms with van der Waals surface area (Å²) in [6.45, 7) is -0.242. The van der Waals surface area contributed by atoms with Gasteiger partial charge >= 0.3 is 6.61 Å². The summed E-state index contributed by atoms with van der Waals surface area (Å²) in [5, 5.41) is 2.47. The van der Waals surface area contributed by atoms with Crippen molar-refractivity contribution in [1.29, 1.82) is 0 Å². The molecule has 1 aliphatic rings. The first-order valence-electron chi connectivity index (χ1n) is 8.81. The number of hydrogen-bond acceptors (Lipinski definition) is 4. The average Bonchev–Trinajstić information content (AvgIpc) is 2.66. The number of rotatable bonds is 5. The number of nitrogens with zero attached hydrogens (tertiary/aromatic N) is 1. The van der Waals surface area contributed by atoms with Crippen molar-refractivity contribution in [1.82, 2.24) is 0 Å². The number of amides is 2. The molecule has 0 spiro atoms. The van der Waals surface area contributed by atoms with Gasteiger partial charge in [-0.1, -0.05) is 29.5 Å².